The Morgan fingerprint density at radius 2 is 1.88 bits per heavy atom. The molecule has 25 heavy (non-hydrogen) atoms. The molecule has 1 N–H and O–H groups in total. The Bertz CT molecular complexity index is 898. The number of anilines is 1. The van der Waals surface area contributed by atoms with Gasteiger partial charge in [0.1, 0.15) is 0 Å². The second-order valence-corrected chi connectivity index (χ2v) is 5.98. The number of ether oxygens (including phenoxy) is 1. The van der Waals surface area contributed by atoms with Crippen LogP contribution >= 0.6 is 0 Å². The molecule has 4 rings (SSSR count). The molecule has 0 aliphatic carbocycles. The van der Waals surface area contributed by atoms with E-state index in [1.54, 1.807) is 18.5 Å². The van der Waals surface area contributed by atoms with E-state index in [0.29, 0.717) is 24.1 Å². The number of rotatable bonds is 2. The Balaban J connectivity index is 1.77. The first-order valence-electron chi connectivity index (χ1n) is 7.99. The van der Waals surface area contributed by atoms with Crippen LogP contribution in [-0.4, -0.2) is 36.3 Å². The summed E-state index contributed by atoms with van der Waals surface area (Å²) in [5, 5.41) is 0.537. The third-order valence-electron chi connectivity index (χ3n) is 4.39. The first kappa shape index (κ1) is 16.0. The number of benzene rings is 1. The van der Waals surface area contributed by atoms with Gasteiger partial charge >= 0.3 is 6.18 Å². The molecule has 1 aliphatic heterocycles. The van der Waals surface area contributed by atoms with Crippen LogP contribution in [-0.2, 0) is 10.9 Å². The minimum Gasteiger partial charge on any atom is -0.378 e. The average Bonchev–Trinajstić information content (AvgIpc) is 3.05. The molecule has 1 aliphatic rings. The van der Waals surface area contributed by atoms with Gasteiger partial charge in [-0.15, -0.1) is 0 Å². The first-order valence-corrected chi connectivity index (χ1v) is 7.99. The van der Waals surface area contributed by atoms with Gasteiger partial charge < -0.3 is 14.6 Å². The highest BCUT2D eigenvalue weighted by atomic mass is 19.4. The van der Waals surface area contributed by atoms with Gasteiger partial charge in [-0.1, -0.05) is 0 Å². The van der Waals surface area contributed by atoms with Crippen LogP contribution in [0.25, 0.3) is 22.2 Å². The second-order valence-electron chi connectivity index (χ2n) is 5.98. The summed E-state index contributed by atoms with van der Waals surface area (Å²) >= 11 is 0. The molecule has 0 bridgehead atoms. The summed E-state index contributed by atoms with van der Waals surface area (Å²) in [6.07, 6.45) is -0.875. The number of pyridine rings is 1. The quantitative estimate of drug-likeness (QED) is 0.759. The van der Waals surface area contributed by atoms with Gasteiger partial charge in [-0.3, -0.25) is 4.98 Å². The highest BCUT2D eigenvalue weighted by molar-refractivity contribution is 5.89. The maximum Gasteiger partial charge on any atom is 0.416 e. The SMILES string of the molecule is FC(F)(F)c1ccc2[nH]c(-c3ccncc3N3CCOCC3)cc2c1. The predicted octanol–water partition coefficient (Wildman–Crippen LogP) is 4.09. The van der Waals surface area contributed by atoms with Gasteiger partial charge in [0.15, 0.2) is 0 Å². The summed E-state index contributed by atoms with van der Waals surface area (Å²) in [6, 6.07) is 7.37. The molecule has 0 atom stereocenters. The Kier molecular flexibility index (Phi) is 3.88. The van der Waals surface area contributed by atoms with E-state index in [9.17, 15) is 13.2 Å². The Morgan fingerprint density at radius 1 is 1.08 bits per heavy atom. The number of hydrogen-bond acceptors (Lipinski definition) is 3. The summed E-state index contributed by atoms with van der Waals surface area (Å²) in [5.74, 6) is 0. The fourth-order valence-electron chi connectivity index (χ4n) is 3.12. The average molecular weight is 347 g/mol. The summed E-state index contributed by atoms with van der Waals surface area (Å²) in [4.78, 5) is 9.60. The lowest BCUT2D eigenvalue weighted by atomic mass is 10.1. The zero-order valence-electron chi connectivity index (χ0n) is 13.3. The lowest BCUT2D eigenvalue weighted by Gasteiger charge is -2.30. The van der Waals surface area contributed by atoms with Crippen LogP contribution in [0.1, 0.15) is 5.56 Å². The van der Waals surface area contributed by atoms with Gasteiger partial charge in [0.25, 0.3) is 0 Å². The normalized spacial score (nSPS) is 15.7. The topological polar surface area (TPSA) is 41.2 Å². The standard InChI is InChI=1S/C18H16F3N3O/c19-18(20,21)13-1-2-15-12(9-13)10-16(23-15)14-3-4-22-11-17(14)24-5-7-25-8-6-24/h1-4,9-11,23H,5-8H2. The van der Waals surface area contributed by atoms with E-state index in [4.69, 9.17) is 4.74 Å². The van der Waals surface area contributed by atoms with Crippen LogP contribution in [0.5, 0.6) is 0 Å². The molecule has 0 radical (unpaired) electrons. The lowest BCUT2D eigenvalue weighted by Crippen LogP contribution is -2.36. The molecule has 0 unspecified atom stereocenters. The number of H-pyrrole nitrogens is 1. The van der Waals surface area contributed by atoms with E-state index < -0.39 is 11.7 Å². The molecule has 3 heterocycles. The first-order chi connectivity index (χ1) is 12.0. The third-order valence-corrected chi connectivity index (χ3v) is 4.39. The summed E-state index contributed by atoms with van der Waals surface area (Å²) in [7, 11) is 0. The predicted molar refractivity (Wildman–Crippen MR) is 89.6 cm³/mol. The fourth-order valence-corrected chi connectivity index (χ4v) is 3.12. The van der Waals surface area contributed by atoms with Crippen molar-refractivity contribution in [2.45, 2.75) is 6.18 Å². The molecule has 3 aromatic rings. The molecule has 7 heteroatoms. The van der Waals surface area contributed by atoms with E-state index in [0.717, 1.165) is 36.1 Å². The van der Waals surface area contributed by atoms with Crippen LogP contribution in [0.2, 0.25) is 0 Å². The second kappa shape index (κ2) is 6.07. The van der Waals surface area contributed by atoms with E-state index in [-0.39, 0.29) is 0 Å². The number of nitrogens with one attached hydrogen (secondary N) is 1. The molecule has 0 spiro atoms. The van der Waals surface area contributed by atoms with Gasteiger partial charge in [0.2, 0.25) is 0 Å². The Hall–Kier alpha value is -2.54. The molecule has 0 amide bonds. The van der Waals surface area contributed by atoms with E-state index in [1.807, 2.05) is 6.07 Å². The highest BCUT2D eigenvalue weighted by Crippen LogP contribution is 2.35. The van der Waals surface area contributed by atoms with Gasteiger partial charge in [-0.2, -0.15) is 13.2 Å². The maximum absolute atomic E-state index is 12.9. The molecular weight excluding hydrogens is 331 g/mol. The van der Waals surface area contributed by atoms with E-state index in [1.165, 1.54) is 12.1 Å². The molecule has 1 fully saturated rings. The zero-order valence-corrected chi connectivity index (χ0v) is 13.3. The van der Waals surface area contributed by atoms with Crippen molar-refractivity contribution in [2.75, 3.05) is 31.2 Å². The highest BCUT2D eigenvalue weighted by Gasteiger charge is 2.30. The van der Waals surface area contributed by atoms with Crippen LogP contribution in [0.4, 0.5) is 18.9 Å². The van der Waals surface area contributed by atoms with Gasteiger partial charge in [0, 0.05) is 41.4 Å². The van der Waals surface area contributed by atoms with Crippen molar-refractivity contribution >= 4 is 16.6 Å². The zero-order chi connectivity index (χ0) is 17.4. The Morgan fingerprint density at radius 3 is 2.64 bits per heavy atom. The van der Waals surface area contributed by atoms with Crippen molar-refractivity contribution in [1.29, 1.82) is 0 Å². The van der Waals surface area contributed by atoms with Crippen molar-refractivity contribution in [3.8, 4) is 11.3 Å². The molecular formula is C18H16F3N3O. The van der Waals surface area contributed by atoms with E-state index >= 15 is 0 Å². The summed E-state index contributed by atoms with van der Waals surface area (Å²) < 4.78 is 44.1. The fraction of sp³-hybridized carbons (Fsp3) is 0.278. The molecule has 1 saturated heterocycles. The van der Waals surface area contributed by atoms with Crippen molar-refractivity contribution < 1.29 is 17.9 Å². The van der Waals surface area contributed by atoms with Gasteiger partial charge in [0.05, 0.1) is 30.7 Å². The van der Waals surface area contributed by atoms with Gasteiger partial charge in [-0.25, -0.2) is 0 Å². The molecule has 130 valence electrons. The molecule has 0 saturated carbocycles. The lowest BCUT2D eigenvalue weighted by molar-refractivity contribution is -0.137. The van der Waals surface area contributed by atoms with Crippen LogP contribution < -0.4 is 4.90 Å². The van der Waals surface area contributed by atoms with Crippen molar-refractivity contribution in [2.24, 2.45) is 0 Å². The number of aromatic nitrogens is 2. The minimum atomic E-state index is -4.35. The number of morpholine rings is 1. The molecule has 2 aromatic heterocycles. The molecule has 1 aromatic carbocycles. The number of aromatic amines is 1. The van der Waals surface area contributed by atoms with Crippen LogP contribution in [0.3, 0.4) is 0 Å². The van der Waals surface area contributed by atoms with Gasteiger partial charge in [-0.05, 0) is 30.3 Å². The number of nitrogens with zero attached hydrogens (tertiary/aromatic N) is 2. The third kappa shape index (κ3) is 3.07. The monoisotopic (exact) mass is 347 g/mol. The van der Waals surface area contributed by atoms with Crippen molar-refractivity contribution in [1.82, 2.24) is 9.97 Å². The largest absolute Gasteiger partial charge is 0.416 e. The maximum atomic E-state index is 12.9. The number of alkyl halides is 3. The van der Waals surface area contributed by atoms with Crippen molar-refractivity contribution in [3.63, 3.8) is 0 Å². The molecule has 4 nitrogen and oxygen atoms in total. The summed E-state index contributed by atoms with van der Waals surface area (Å²) in [6.45, 7) is 2.82. The van der Waals surface area contributed by atoms with E-state index in [2.05, 4.69) is 14.9 Å². The summed E-state index contributed by atoms with van der Waals surface area (Å²) in [5.41, 5.74) is 2.68. The smallest absolute Gasteiger partial charge is 0.378 e. The van der Waals surface area contributed by atoms with Crippen LogP contribution in [0, 0.1) is 0 Å². The van der Waals surface area contributed by atoms with Crippen LogP contribution in [0.15, 0.2) is 42.7 Å². The van der Waals surface area contributed by atoms with Crippen molar-refractivity contribution in [3.05, 3.63) is 48.3 Å². The number of fused-ring (bicyclic) bond motifs is 1. The number of halogens is 3. The minimum absolute atomic E-state index is 0.537. The Labute approximate surface area is 142 Å². The number of hydrogen-bond donors (Lipinski definition) is 1.